The lowest BCUT2D eigenvalue weighted by molar-refractivity contribution is 0.0694. The number of likely N-dealkylation sites (tertiary alicyclic amines) is 2. The molecule has 3 fully saturated rings. The first kappa shape index (κ1) is 16.4. The summed E-state index contributed by atoms with van der Waals surface area (Å²) in [6.45, 7) is 6.58. The predicted octanol–water partition coefficient (Wildman–Crippen LogP) is 1.72. The summed E-state index contributed by atoms with van der Waals surface area (Å²) in [5, 5.41) is 0. The van der Waals surface area contributed by atoms with Gasteiger partial charge in [-0.25, -0.2) is 4.79 Å². The number of hydrogen-bond acceptors (Lipinski definition) is 5. The van der Waals surface area contributed by atoms with Crippen LogP contribution < -0.4 is 0 Å². The fraction of sp³-hybridized carbons (Fsp3) is 0.667. The fourth-order valence-corrected chi connectivity index (χ4v) is 4.09. The van der Waals surface area contributed by atoms with Crippen molar-refractivity contribution >= 4 is 12.0 Å². The number of ether oxygens (including phenoxy) is 1. The number of furan rings is 1. The molecule has 0 aromatic carbocycles. The van der Waals surface area contributed by atoms with E-state index in [9.17, 15) is 9.59 Å². The van der Waals surface area contributed by atoms with Crippen LogP contribution in [0, 0.1) is 6.92 Å². The molecule has 3 saturated heterocycles. The van der Waals surface area contributed by atoms with E-state index in [-0.39, 0.29) is 24.1 Å². The molecule has 3 aliphatic rings. The number of carbonyl (C=O) groups excluding carboxylic acids is 2. The van der Waals surface area contributed by atoms with Gasteiger partial charge in [-0.05, 0) is 38.9 Å². The van der Waals surface area contributed by atoms with E-state index >= 15 is 0 Å². The number of hydrogen-bond donors (Lipinski definition) is 0. The second-order valence-corrected chi connectivity index (χ2v) is 7.23. The van der Waals surface area contributed by atoms with E-state index in [0.717, 1.165) is 25.2 Å². The van der Waals surface area contributed by atoms with Crippen molar-refractivity contribution in [3.63, 3.8) is 0 Å². The number of rotatable bonds is 4. The molecule has 3 aliphatic heterocycles. The van der Waals surface area contributed by atoms with Gasteiger partial charge in [0.2, 0.25) is 0 Å². The van der Waals surface area contributed by atoms with Gasteiger partial charge >= 0.3 is 6.09 Å². The maximum Gasteiger partial charge on any atom is 0.410 e. The van der Waals surface area contributed by atoms with Crippen molar-refractivity contribution in [3.05, 3.63) is 23.7 Å². The molecular weight excluding hydrogens is 322 g/mol. The molecule has 0 aliphatic carbocycles. The first-order valence-corrected chi connectivity index (χ1v) is 9.16. The summed E-state index contributed by atoms with van der Waals surface area (Å²) < 4.78 is 10.8. The number of piperidine rings is 1. The van der Waals surface area contributed by atoms with Gasteiger partial charge in [0.15, 0.2) is 5.76 Å². The first-order valence-electron chi connectivity index (χ1n) is 9.16. The molecule has 0 spiro atoms. The lowest BCUT2D eigenvalue weighted by Gasteiger charge is -2.29. The van der Waals surface area contributed by atoms with Crippen molar-refractivity contribution in [3.8, 4) is 0 Å². The second kappa shape index (κ2) is 6.71. The van der Waals surface area contributed by atoms with Crippen molar-refractivity contribution in [1.82, 2.24) is 14.7 Å². The van der Waals surface area contributed by atoms with Crippen LogP contribution in [0.3, 0.4) is 0 Å². The van der Waals surface area contributed by atoms with Crippen LogP contribution in [0.15, 0.2) is 16.7 Å². The number of nitrogens with zero attached hydrogens (tertiary/aromatic N) is 3. The van der Waals surface area contributed by atoms with Crippen LogP contribution in [0.4, 0.5) is 4.79 Å². The highest BCUT2D eigenvalue weighted by molar-refractivity contribution is 5.93. The van der Waals surface area contributed by atoms with Gasteiger partial charge in [-0.2, -0.15) is 0 Å². The Labute approximate surface area is 147 Å². The smallest absolute Gasteiger partial charge is 0.410 e. The fourth-order valence-electron chi connectivity index (χ4n) is 4.09. The molecule has 2 atom stereocenters. The summed E-state index contributed by atoms with van der Waals surface area (Å²) in [5.74, 6) is 0.259. The minimum atomic E-state index is -0.242. The highest BCUT2D eigenvalue weighted by Gasteiger charge is 2.49. The van der Waals surface area contributed by atoms with Gasteiger partial charge in [0.05, 0.1) is 18.8 Å². The standard InChI is InChI=1S/C18H25N3O4/c1-13-5-10-24-16(13)17(22)20-11-14-15(12-20)25-18(23)21(14)9-8-19-6-3-2-4-7-19/h5,10,14-15H,2-4,6-9,11-12H2,1H3/t14-,15+/m0/s1. The largest absolute Gasteiger partial charge is 0.459 e. The van der Waals surface area contributed by atoms with E-state index in [1.165, 1.54) is 25.5 Å². The zero-order chi connectivity index (χ0) is 17.4. The van der Waals surface area contributed by atoms with Gasteiger partial charge < -0.3 is 19.0 Å². The molecule has 2 amide bonds. The molecule has 0 bridgehead atoms. The number of amides is 2. The van der Waals surface area contributed by atoms with Crippen LogP contribution in [0.1, 0.15) is 35.4 Å². The molecule has 4 heterocycles. The van der Waals surface area contributed by atoms with E-state index < -0.39 is 0 Å². The van der Waals surface area contributed by atoms with Gasteiger partial charge in [-0.15, -0.1) is 0 Å². The Morgan fingerprint density at radius 3 is 2.72 bits per heavy atom. The summed E-state index contributed by atoms with van der Waals surface area (Å²) in [4.78, 5) is 30.8. The first-order chi connectivity index (χ1) is 12.1. The highest BCUT2D eigenvalue weighted by Crippen LogP contribution is 2.28. The maximum atomic E-state index is 12.6. The van der Waals surface area contributed by atoms with Gasteiger partial charge in [-0.3, -0.25) is 9.69 Å². The van der Waals surface area contributed by atoms with Crippen LogP contribution in [0.2, 0.25) is 0 Å². The monoisotopic (exact) mass is 347 g/mol. The van der Waals surface area contributed by atoms with Gasteiger partial charge in [0, 0.05) is 25.2 Å². The molecule has 1 aromatic rings. The molecule has 7 nitrogen and oxygen atoms in total. The lowest BCUT2D eigenvalue weighted by atomic mass is 10.1. The van der Waals surface area contributed by atoms with Crippen molar-refractivity contribution < 1.29 is 18.7 Å². The minimum absolute atomic E-state index is 0.0449. The third kappa shape index (κ3) is 3.13. The van der Waals surface area contributed by atoms with E-state index in [1.54, 1.807) is 11.0 Å². The van der Waals surface area contributed by atoms with Crippen molar-refractivity contribution in [1.29, 1.82) is 0 Å². The van der Waals surface area contributed by atoms with Gasteiger partial charge in [0.25, 0.3) is 5.91 Å². The van der Waals surface area contributed by atoms with Crippen LogP contribution in [0.5, 0.6) is 0 Å². The molecule has 0 N–H and O–H groups in total. The van der Waals surface area contributed by atoms with Crippen molar-refractivity contribution in [2.24, 2.45) is 0 Å². The summed E-state index contributed by atoms with van der Waals surface area (Å²) in [6, 6.07) is 1.74. The zero-order valence-corrected chi connectivity index (χ0v) is 14.6. The molecular formula is C18H25N3O4. The normalized spacial score (nSPS) is 26.8. The minimum Gasteiger partial charge on any atom is -0.459 e. The second-order valence-electron chi connectivity index (χ2n) is 7.23. The Bertz CT molecular complexity index is 653. The molecule has 1 aromatic heterocycles. The van der Waals surface area contributed by atoms with Gasteiger partial charge in [0.1, 0.15) is 6.10 Å². The maximum absolute atomic E-state index is 12.6. The highest BCUT2D eigenvalue weighted by atomic mass is 16.6. The van der Waals surface area contributed by atoms with Crippen molar-refractivity contribution in [2.45, 2.75) is 38.3 Å². The lowest BCUT2D eigenvalue weighted by Crippen LogP contribution is -2.44. The van der Waals surface area contributed by atoms with Crippen LogP contribution in [-0.4, -0.2) is 78.1 Å². The van der Waals surface area contributed by atoms with Gasteiger partial charge in [-0.1, -0.05) is 6.42 Å². The number of carbonyl (C=O) groups is 2. The third-order valence-corrected chi connectivity index (χ3v) is 5.57. The number of fused-ring (bicyclic) bond motifs is 1. The van der Waals surface area contributed by atoms with Crippen LogP contribution in [-0.2, 0) is 4.74 Å². The van der Waals surface area contributed by atoms with E-state index in [0.29, 0.717) is 25.4 Å². The SMILES string of the molecule is Cc1ccoc1C(=O)N1C[C@H]2OC(=O)N(CCN3CCCCC3)[C@H]2C1. The quantitative estimate of drug-likeness (QED) is 0.830. The molecule has 136 valence electrons. The molecule has 4 rings (SSSR count). The summed E-state index contributed by atoms with van der Waals surface area (Å²) >= 11 is 0. The van der Waals surface area contributed by atoms with Crippen LogP contribution in [0.25, 0.3) is 0 Å². The zero-order valence-electron chi connectivity index (χ0n) is 14.6. The molecule has 0 saturated carbocycles. The molecule has 25 heavy (non-hydrogen) atoms. The Balaban J connectivity index is 1.38. The average molecular weight is 347 g/mol. The van der Waals surface area contributed by atoms with E-state index in [4.69, 9.17) is 9.15 Å². The predicted molar refractivity (Wildman–Crippen MR) is 90.4 cm³/mol. The van der Waals surface area contributed by atoms with Crippen molar-refractivity contribution in [2.75, 3.05) is 39.3 Å². The molecule has 7 heteroatoms. The Hall–Kier alpha value is -2.02. The summed E-state index contributed by atoms with van der Waals surface area (Å²) in [5.41, 5.74) is 0.834. The van der Waals surface area contributed by atoms with E-state index in [1.807, 2.05) is 11.8 Å². The third-order valence-electron chi connectivity index (χ3n) is 5.57. The Morgan fingerprint density at radius 1 is 1.20 bits per heavy atom. The summed E-state index contributed by atoms with van der Waals surface area (Å²) in [6.07, 6.45) is 4.84. The summed E-state index contributed by atoms with van der Waals surface area (Å²) in [7, 11) is 0. The van der Waals surface area contributed by atoms with E-state index in [2.05, 4.69) is 4.90 Å². The Kier molecular flexibility index (Phi) is 4.41. The average Bonchev–Trinajstić information content (AvgIpc) is 3.28. The Morgan fingerprint density at radius 2 is 2.00 bits per heavy atom. The molecule has 0 unspecified atom stereocenters. The molecule has 0 radical (unpaired) electrons. The number of aryl methyl sites for hydroxylation is 1. The topological polar surface area (TPSA) is 66.2 Å². The van der Waals surface area contributed by atoms with Crippen LogP contribution >= 0.6 is 0 Å².